The van der Waals surface area contributed by atoms with Gasteiger partial charge in [-0.05, 0) is 18.7 Å². The van der Waals surface area contributed by atoms with Crippen molar-refractivity contribution in [2.75, 3.05) is 18.8 Å². The maximum atomic E-state index is 12.1. The van der Waals surface area contributed by atoms with Crippen molar-refractivity contribution >= 4 is 5.82 Å². The highest BCUT2D eigenvalue weighted by Gasteiger charge is 2.14. The molecule has 6 heteroatoms. The fourth-order valence-corrected chi connectivity index (χ4v) is 2.38. The Morgan fingerprint density at radius 2 is 1.77 bits per heavy atom. The molecule has 0 aliphatic heterocycles. The predicted octanol–water partition coefficient (Wildman–Crippen LogP) is 1.01. The number of nitrogens with zero attached hydrogens (tertiary/aromatic N) is 2. The minimum absolute atomic E-state index is 0.240. The van der Waals surface area contributed by atoms with Gasteiger partial charge in [-0.3, -0.25) is 19.2 Å². The molecule has 0 atom stereocenters. The largest absolute Gasteiger partial charge is 0.385 e. The monoisotopic (exact) mass is 302 g/mol. The van der Waals surface area contributed by atoms with Gasteiger partial charge in [0.15, 0.2) is 0 Å². The molecule has 0 amide bonds. The van der Waals surface area contributed by atoms with Crippen LogP contribution in [0.1, 0.15) is 25.0 Å². The van der Waals surface area contributed by atoms with Crippen molar-refractivity contribution in [2.24, 2.45) is 0 Å². The number of rotatable bonds is 6. The third kappa shape index (κ3) is 3.46. The van der Waals surface area contributed by atoms with E-state index in [1.165, 1.54) is 4.57 Å². The summed E-state index contributed by atoms with van der Waals surface area (Å²) in [6.07, 6.45) is 0. The minimum atomic E-state index is -0.477. The Labute approximate surface area is 129 Å². The first-order valence-corrected chi connectivity index (χ1v) is 7.44. The van der Waals surface area contributed by atoms with Gasteiger partial charge in [-0.15, -0.1) is 0 Å². The molecule has 22 heavy (non-hydrogen) atoms. The van der Waals surface area contributed by atoms with E-state index in [-0.39, 0.29) is 5.82 Å². The highest BCUT2D eigenvalue weighted by atomic mass is 16.2. The van der Waals surface area contributed by atoms with Crippen LogP contribution in [0.3, 0.4) is 0 Å². The Bertz CT molecular complexity index is 730. The summed E-state index contributed by atoms with van der Waals surface area (Å²) in [6.45, 7) is 6.44. The molecule has 3 N–H and O–H groups in total. The van der Waals surface area contributed by atoms with Crippen molar-refractivity contribution in [1.29, 1.82) is 0 Å². The lowest BCUT2D eigenvalue weighted by Gasteiger charge is -2.20. The van der Waals surface area contributed by atoms with Crippen molar-refractivity contribution in [1.82, 2.24) is 14.5 Å². The SMILES string of the molecule is CCN(CC)Cc1c(N)n(Cc2ccccc2)c(=O)[nH]c1=O. The molecule has 2 rings (SSSR count). The van der Waals surface area contributed by atoms with Crippen molar-refractivity contribution in [3.63, 3.8) is 0 Å². The zero-order valence-electron chi connectivity index (χ0n) is 13.0. The number of aromatic amines is 1. The molecule has 0 fully saturated rings. The number of benzene rings is 1. The number of H-pyrrole nitrogens is 1. The maximum Gasteiger partial charge on any atom is 0.330 e. The summed E-state index contributed by atoms with van der Waals surface area (Å²) in [4.78, 5) is 28.6. The van der Waals surface area contributed by atoms with Crippen LogP contribution in [0.5, 0.6) is 0 Å². The number of aromatic nitrogens is 2. The van der Waals surface area contributed by atoms with E-state index in [4.69, 9.17) is 5.73 Å². The quantitative estimate of drug-likeness (QED) is 0.834. The fourth-order valence-electron chi connectivity index (χ4n) is 2.38. The number of nitrogens with one attached hydrogen (secondary N) is 1. The van der Waals surface area contributed by atoms with Gasteiger partial charge in [-0.1, -0.05) is 44.2 Å². The number of hydrogen-bond acceptors (Lipinski definition) is 4. The van der Waals surface area contributed by atoms with Crippen LogP contribution in [-0.4, -0.2) is 27.5 Å². The zero-order valence-corrected chi connectivity index (χ0v) is 13.0. The Morgan fingerprint density at radius 1 is 1.14 bits per heavy atom. The molecule has 0 unspecified atom stereocenters. The molecule has 0 spiro atoms. The Balaban J connectivity index is 2.43. The summed E-state index contributed by atoms with van der Waals surface area (Å²) in [5.74, 6) is 0.240. The van der Waals surface area contributed by atoms with Crippen LogP contribution in [0.15, 0.2) is 39.9 Å². The highest BCUT2D eigenvalue weighted by Crippen LogP contribution is 2.10. The number of nitrogen functional groups attached to an aromatic ring is 1. The second kappa shape index (κ2) is 7.09. The first kappa shape index (κ1) is 16.0. The van der Waals surface area contributed by atoms with E-state index in [2.05, 4.69) is 9.88 Å². The molecule has 118 valence electrons. The van der Waals surface area contributed by atoms with E-state index in [1.54, 1.807) is 0 Å². The standard InChI is InChI=1S/C16H22N4O2/c1-3-19(4-2)11-13-14(17)20(16(22)18-15(13)21)10-12-8-6-5-7-9-12/h5-9H,3-4,10-11,17H2,1-2H3,(H,18,21,22). The molecule has 6 nitrogen and oxygen atoms in total. The average molecular weight is 302 g/mol. The maximum absolute atomic E-state index is 12.1. The molecule has 0 aliphatic rings. The number of anilines is 1. The average Bonchev–Trinajstić information content (AvgIpc) is 2.52. The molecular formula is C16H22N4O2. The molecule has 0 saturated carbocycles. The van der Waals surface area contributed by atoms with E-state index in [0.29, 0.717) is 18.7 Å². The summed E-state index contributed by atoms with van der Waals surface area (Å²) in [7, 11) is 0. The van der Waals surface area contributed by atoms with Gasteiger partial charge >= 0.3 is 5.69 Å². The Kier molecular flexibility index (Phi) is 5.16. The lowest BCUT2D eigenvalue weighted by atomic mass is 10.2. The molecular weight excluding hydrogens is 280 g/mol. The lowest BCUT2D eigenvalue weighted by molar-refractivity contribution is 0.294. The van der Waals surface area contributed by atoms with E-state index >= 15 is 0 Å². The lowest BCUT2D eigenvalue weighted by Crippen LogP contribution is -2.37. The summed E-state index contributed by atoms with van der Waals surface area (Å²) < 4.78 is 1.41. The van der Waals surface area contributed by atoms with Gasteiger partial charge in [-0.25, -0.2) is 4.79 Å². The van der Waals surface area contributed by atoms with Crippen molar-refractivity contribution < 1.29 is 0 Å². The van der Waals surface area contributed by atoms with Crippen molar-refractivity contribution in [3.8, 4) is 0 Å². The molecule has 1 aromatic heterocycles. The molecule has 0 saturated heterocycles. The van der Waals surface area contributed by atoms with Crippen LogP contribution in [-0.2, 0) is 13.1 Å². The number of hydrogen-bond donors (Lipinski definition) is 2. The van der Waals surface area contributed by atoms with Gasteiger partial charge in [0, 0.05) is 6.54 Å². The summed E-state index contributed by atoms with van der Waals surface area (Å²) in [5, 5.41) is 0. The fraction of sp³-hybridized carbons (Fsp3) is 0.375. The van der Waals surface area contributed by atoms with Gasteiger partial charge in [0.05, 0.1) is 12.1 Å². The summed E-state index contributed by atoms with van der Waals surface area (Å²) in [6, 6.07) is 9.55. The third-order valence-corrected chi connectivity index (χ3v) is 3.80. The van der Waals surface area contributed by atoms with Crippen LogP contribution in [0.2, 0.25) is 0 Å². The first-order valence-electron chi connectivity index (χ1n) is 7.44. The zero-order chi connectivity index (χ0) is 16.1. The molecule has 0 aliphatic carbocycles. The van der Waals surface area contributed by atoms with E-state index < -0.39 is 11.2 Å². The van der Waals surface area contributed by atoms with E-state index in [1.807, 2.05) is 44.2 Å². The van der Waals surface area contributed by atoms with Crippen LogP contribution < -0.4 is 17.0 Å². The van der Waals surface area contributed by atoms with Gasteiger partial charge in [0.1, 0.15) is 5.82 Å². The topological polar surface area (TPSA) is 84.1 Å². The summed E-state index contributed by atoms with van der Waals surface area (Å²) >= 11 is 0. The Morgan fingerprint density at radius 3 is 2.36 bits per heavy atom. The van der Waals surface area contributed by atoms with Crippen LogP contribution >= 0.6 is 0 Å². The smallest absolute Gasteiger partial charge is 0.330 e. The van der Waals surface area contributed by atoms with Crippen molar-refractivity contribution in [3.05, 3.63) is 62.3 Å². The van der Waals surface area contributed by atoms with Crippen LogP contribution in [0.4, 0.5) is 5.82 Å². The predicted molar refractivity (Wildman–Crippen MR) is 87.9 cm³/mol. The van der Waals surface area contributed by atoms with Gasteiger partial charge < -0.3 is 5.73 Å². The second-order valence-corrected chi connectivity index (χ2v) is 5.16. The molecule has 0 bridgehead atoms. The molecule has 1 aromatic carbocycles. The van der Waals surface area contributed by atoms with Gasteiger partial charge in [0.25, 0.3) is 5.56 Å². The van der Waals surface area contributed by atoms with E-state index in [0.717, 1.165) is 18.7 Å². The third-order valence-electron chi connectivity index (χ3n) is 3.80. The van der Waals surface area contributed by atoms with Gasteiger partial charge in [0.2, 0.25) is 0 Å². The molecule has 2 aromatic rings. The normalized spacial score (nSPS) is 11.0. The summed E-state index contributed by atoms with van der Waals surface area (Å²) in [5.41, 5.74) is 6.63. The highest BCUT2D eigenvalue weighted by molar-refractivity contribution is 5.39. The van der Waals surface area contributed by atoms with E-state index in [9.17, 15) is 9.59 Å². The van der Waals surface area contributed by atoms with Gasteiger partial charge in [-0.2, -0.15) is 0 Å². The minimum Gasteiger partial charge on any atom is -0.385 e. The van der Waals surface area contributed by atoms with Crippen LogP contribution in [0.25, 0.3) is 0 Å². The number of nitrogens with two attached hydrogens (primary N) is 1. The van der Waals surface area contributed by atoms with Crippen molar-refractivity contribution in [2.45, 2.75) is 26.9 Å². The van der Waals surface area contributed by atoms with Crippen LogP contribution in [0, 0.1) is 0 Å². The Hall–Kier alpha value is -2.34. The first-order chi connectivity index (χ1) is 10.6. The second-order valence-electron chi connectivity index (χ2n) is 5.16. The molecule has 0 radical (unpaired) electrons. The molecule has 1 heterocycles.